The summed E-state index contributed by atoms with van der Waals surface area (Å²) in [7, 11) is 0. The number of thiazole rings is 1. The summed E-state index contributed by atoms with van der Waals surface area (Å²) in [5.41, 5.74) is 9.76. The third kappa shape index (κ3) is 2.45. The Morgan fingerprint density at radius 3 is 2.85 bits per heavy atom. The molecule has 0 radical (unpaired) electrons. The number of aromatic nitrogens is 1. The van der Waals surface area contributed by atoms with Gasteiger partial charge in [-0.25, -0.2) is 4.98 Å². The van der Waals surface area contributed by atoms with E-state index < -0.39 is 0 Å². The maximum atomic E-state index is 5.76. The molecular formula is C16H21N3S. The van der Waals surface area contributed by atoms with Gasteiger partial charge < -0.3 is 10.6 Å². The summed E-state index contributed by atoms with van der Waals surface area (Å²) in [6.45, 7) is 6.99. The van der Waals surface area contributed by atoms with Crippen LogP contribution in [0.15, 0.2) is 24.3 Å². The van der Waals surface area contributed by atoms with Gasteiger partial charge in [0.25, 0.3) is 0 Å². The topological polar surface area (TPSA) is 42.2 Å². The lowest BCUT2D eigenvalue weighted by Gasteiger charge is -2.19. The molecule has 1 aromatic carbocycles. The van der Waals surface area contributed by atoms with E-state index in [-0.39, 0.29) is 0 Å². The lowest BCUT2D eigenvalue weighted by atomic mass is 9.98. The predicted octanol–water partition coefficient (Wildman–Crippen LogP) is 3.21. The van der Waals surface area contributed by atoms with Crippen molar-refractivity contribution in [2.75, 3.05) is 18.0 Å². The summed E-state index contributed by atoms with van der Waals surface area (Å²) in [6.07, 6.45) is 1.06. The molecule has 3 rings (SSSR count). The Bertz CT molecular complexity index is 606. The standard InChI is InChI=1S/C16H21N3S/c1-11-16(20-12(2)18-11)10-19-9-13(7-8-17)14-5-3-4-6-15(14)19/h3-6,13H,7-10,17H2,1-2H3. The molecule has 2 aromatic rings. The average Bonchev–Trinajstić information content (AvgIpc) is 2.93. The molecular weight excluding hydrogens is 266 g/mol. The first-order valence-corrected chi connectivity index (χ1v) is 7.97. The highest BCUT2D eigenvalue weighted by atomic mass is 32.1. The molecule has 1 aliphatic rings. The molecule has 3 nitrogen and oxygen atoms in total. The molecule has 1 unspecified atom stereocenters. The van der Waals surface area contributed by atoms with Gasteiger partial charge in [0, 0.05) is 23.0 Å². The summed E-state index contributed by atoms with van der Waals surface area (Å²) < 4.78 is 0. The summed E-state index contributed by atoms with van der Waals surface area (Å²) in [4.78, 5) is 8.40. The zero-order valence-corrected chi connectivity index (χ0v) is 12.9. The van der Waals surface area contributed by atoms with Gasteiger partial charge >= 0.3 is 0 Å². The van der Waals surface area contributed by atoms with Crippen molar-refractivity contribution >= 4 is 17.0 Å². The summed E-state index contributed by atoms with van der Waals surface area (Å²) in [6, 6.07) is 8.74. The quantitative estimate of drug-likeness (QED) is 0.939. The third-order valence-corrected chi connectivity index (χ3v) is 5.06. The Labute approximate surface area is 124 Å². The van der Waals surface area contributed by atoms with Crippen LogP contribution < -0.4 is 10.6 Å². The highest BCUT2D eigenvalue weighted by Crippen LogP contribution is 2.39. The molecule has 1 aliphatic heterocycles. The second kappa shape index (κ2) is 5.54. The van der Waals surface area contributed by atoms with Crippen LogP contribution in [0.3, 0.4) is 0 Å². The van der Waals surface area contributed by atoms with Crippen LogP contribution in [0.25, 0.3) is 0 Å². The van der Waals surface area contributed by atoms with Crippen molar-refractivity contribution in [3.63, 3.8) is 0 Å². The first-order valence-electron chi connectivity index (χ1n) is 7.16. The van der Waals surface area contributed by atoms with E-state index in [0.29, 0.717) is 5.92 Å². The summed E-state index contributed by atoms with van der Waals surface area (Å²) in [5.74, 6) is 0.575. The van der Waals surface area contributed by atoms with Crippen molar-refractivity contribution in [3.8, 4) is 0 Å². The molecule has 0 bridgehead atoms. The van der Waals surface area contributed by atoms with E-state index in [2.05, 4.69) is 48.0 Å². The van der Waals surface area contributed by atoms with Crippen molar-refractivity contribution in [1.29, 1.82) is 0 Å². The van der Waals surface area contributed by atoms with Gasteiger partial charge in [-0.15, -0.1) is 11.3 Å². The average molecular weight is 287 g/mol. The van der Waals surface area contributed by atoms with Gasteiger partial charge in [0.1, 0.15) is 0 Å². The van der Waals surface area contributed by atoms with Crippen LogP contribution >= 0.6 is 11.3 Å². The van der Waals surface area contributed by atoms with E-state index in [0.717, 1.165) is 31.1 Å². The number of hydrogen-bond donors (Lipinski definition) is 1. The highest BCUT2D eigenvalue weighted by molar-refractivity contribution is 7.11. The SMILES string of the molecule is Cc1nc(C)c(CN2CC(CCN)c3ccccc32)s1. The van der Waals surface area contributed by atoms with Gasteiger partial charge in [0.15, 0.2) is 0 Å². The van der Waals surface area contributed by atoms with Gasteiger partial charge in [-0.3, -0.25) is 0 Å². The number of rotatable bonds is 4. The molecule has 20 heavy (non-hydrogen) atoms. The van der Waals surface area contributed by atoms with E-state index in [9.17, 15) is 0 Å². The van der Waals surface area contributed by atoms with E-state index >= 15 is 0 Å². The van der Waals surface area contributed by atoms with E-state index in [1.165, 1.54) is 21.8 Å². The number of nitrogens with two attached hydrogens (primary N) is 1. The van der Waals surface area contributed by atoms with Crippen molar-refractivity contribution in [2.45, 2.75) is 32.7 Å². The van der Waals surface area contributed by atoms with Crippen molar-refractivity contribution in [1.82, 2.24) is 4.98 Å². The van der Waals surface area contributed by atoms with Crippen molar-refractivity contribution in [3.05, 3.63) is 45.4 Å². The molecule has 0 fully saturated rings. The van der Waals surface area contributed by atoms with Gasteiger partial charge in [0.05, 0.1) is 17.2 Å². The third-order valence-electron chi connectivity index (χ3n) is 4.01. The number of anilines is 1. The van der Waals surface area contributed by atoms with Crippen LogP contribution in [-0.2, 0) is 6.54 Å². The van der Waals surface area contributed by atoms with Crippen LogP contribution in [0.5, 0.6) is 0 Å². The summed E-state index contributed by atoms with van der Waals surface area (Å²) >= 11 is 1.81. The molecule has 0 saturated heterocycles. The highest BCUT2D eigenvalue weighted by Gasteiger charge is 2.28. The van der Waals surface area contributed by atoms with Crippen LogP contribution in [-0.4, -0.2) is 18.1 Å². The molecule has 0 saturated carbocycles. The van der Waals surface area contributed by atoms with E-state index in [1.807, 2.05) is 11.3 Å². The van der Waals surface area contributed by atoms with Crippen molar-refractivity contribution < 1.29 is 0 Å². The number of hydrogen-bond acceptors (Lipinski definition) is 4. The maximum Gasteiger partial charge on any atom is 0.0900 e. The fraction of sp³-hybridized carbons (Fsp3) is 0.438. The fourth-order valence-electron chi connectivity index (χ4n) is 3.07. The van der Waals surface area contributed by atoms with Crippen LogP contribution in [0.4, 0.5) is 5.69 Å². The molecule has 0 amide bonds. The maximum absolute atomic E-state index is 5.76. The number of benzene rings is 1. The molecule has 1 aromatic heterocycles. The molecule has 4 heteroatoms. The molecule has 106 valence electrons. The smallest absolute Gasteiger partial charge is 0.0900 e. The first-order chi connectivity index (χ1) is 9.69. The van der Waals surface area contributed by atoms with Crippen LogP contribution in [0.1, 0.15) is 33.5 Å². The normalized spacial score (nSPS) is 17.6. The Morgan fingerprint density at radius 1 is 1.35 bits per heavy atom. The number of para-hydroxylation sites is 1. The number of nitrogens with zero attached hydrogens (tertiary/aromatic N) is 2. The molecule has 0 spiro atoms. The predicted molar refractivity (Wildman–Crippen MR) is 85.5 cm³/mol. The van der Waals surface area contributed by atoms with Crippen LogP contribution in [0.2, 0.25) is 0 Å². The molecule has 2 N–H and O–H groups in total. The van der Waals surface area contributed by atoms with Crippen molar-refractivity contribution in [2.24, 2.45) is 5.73 Å². The first kappa shape index (κ1) is 13.6. The van der Waals surface area contributed by atoms with Gasteiger partial charge in [0.2, 0.25) is 0 Å². The minimum absolute atomic E-state index is 0.575. The minimum atomic E-state index is 0.575. The van der Waals surface area contributed by atoms with Crippen LogP contribution in [0, 0.1) is 13.8 Å². The fourth-order valence-corrected chi connectivity index (χ4v) is 4.03. The minimum Gasteiger partial charge on any atom is -0.365 e. The Kier molecular flexibility index (Phi) is 3.76. The van der Waals surface area contributed by atoms with E-state index in [1.54, 1.807) is 0 Å². The Balaban J connectivity index is 1.86. The Hall–Kier alpha value is -1.39. The molecule has 1 atom stereocenters. The van der Waals surface area contributed by atoms with E-state index in [4.69, 9.17) is 5.73 Å². The summed E-state index contributed by atoms with van der Waals surface area (Å²) in [5, 5.41) is 1.16. The second-order valence-corrected chi connectivity index (χ2v) is 6.74. The van der Waals surface area contributed by atoms with Gasteiger partial charge in [-0.05, 0) is 38.4 Å². The molecule has 2 heterocycles. The number of fused-ring (bicyclic) bond motifs is 1. The van der Waals surface area contributed by atoms with Gasteiger partial charge in [-0.2, -0.15) is 0 Å². The zero-order chi connectivity index (χ0) is 14.1. The number of aryl methyl sites for hydroxylation is 2. The largest absolute Gasteiger partial charge is 0.365 e. The van der Waals surface area contributed by atoms with Gasteiger partial charge in [-0.1, -0.05) is 18.2 Å². The second-order valence-electron chi connectivity index (χ2n) is 5.46. The lowest BCUT2D eigenvalue weighted by Crippen LogP contribution is -2.22. The zero-order valence-electron chi connectivity index (χ0n) is 12.1. The molecule has 0 aliphatic carbocycles. The lowest BCUT2D eigenvalue weighted by molar-refractivity contribution is 0.645. The monoisotopic (exact) mass is 287 g/mol. The Morgan fingerprint density at radius 2 is 2.15 bits per heavy atom.